The normalized spacial score (nSPS) is 18.6. The molecule has 0 aromatic heterocycles. The van der Waals surface area contributed by atoms with E-state index < -0.39 is 6.04 Å². The summed E-state index contributed by atoms with van der Waals surface area (Å²) in [6.07, 6.45) is 0. The first-order valence-corrected chi connectivity index (χ1v) is 6.52. The molecule has 0 bridgehead atoms. The molecule has 1 aliphatic rings. The molecule has 2 rings (SSSR count). The Labute approximate surface area is 109 Å². The number of carbonyl (C=O) groups is 2. The van der Waals surface area contributed by atoms with Crippen molar-refractivity contribution in [2.75, 3.05) is 16.8 Å². The van der Waals surface area contributed by atoms with E-state index in [1.165, 1.54) is 11.8 Å². The lowest BCUT2D eigenvalue weighted by Gasteiger charge is -2.21. The second kappa shape index (κ2) is 5.56. The standard InChI is InChI=1S/C12H11N3O2S/c13-5-8-1-3-9(4-2-8)14-12(17)10-6-18-7-11(16)15-10/h1-4,10H,6-7H2,(H,14,17)(H,15,16). The van der Waals surface area contributed by atoms with Gasteiger partial charge in [0, 0.05) is 11.4 Å². The lowest BCUT2D eigenvalue weighted by Crippen LogP contribution is -2.49. The fourth-order valence-electron chi connectivity index (χ4n) is 1.55. The highest BCUT2D eigenvalue weighted by molar-refractivity contribution is 8.00. The van der Waals surface area contributed by atoms with Crippen LogP contribution in [0.25, 0.3) is 0 Å². The van der Waals surface area contributed by atoms with Crippen molar-refractivity contribution in [2.24, 2.45) is 0 Å². The van der Waals surface area contributed by atoms with Gasteiger partial charge in [0.25, 0.3) is 0 Å². The number of carbonyl (C=O) groups excluding carboxylic acids is 2. The van der Waals surface area contributed by atoms with Gasteiger partial charge in [0.15, 0.2) is 0 Å². The number of hydrogen-bond donors (Lipinski definition) is 2. The summed E-state index contributed by atoms with van der Waals surface area (Å²) in [6, 6.07) is 8.09. The number of benzene rings is 1. The van der Waals surface area contributed by atoms with Crippen molar-refractivity contribution in [1.29, 1.82) is 5.26 Å². The van der Waals surface area contributed by atoms with Gasteiger partial charge >= 0.3 is 0 Å². The van der Waals surface area contributed by atoms with Crippen LogP contribution in [0.3, 0.4) is 0 Å². The van der Waals surface area contributed by atoms with Crippen LogP contribution in [0.2, 0.25) is 0 Å². The van der Waals surface area contributed by atoms with Crippen LogP contribution in [-0.4, -0.2) is 29.4 Å². The highest BCUT2D eigenvalue weighted by atomic mass is 32.2. The molecule has 18 heavy (non-hydrogen) atoms. The molecule has 1 aliphatic heterocycles. The van der Waals surface area contributed by atoms with Crippen molar-refractivity contribution in [3.05, 3.63) is 29.8 Å². The molecule has 0 saturated carbocycles. The van der Waals surface area contributed by atoms with Gasteiger partial charge in [0.2, 0.25) is 11.8 Å². The van der Waals surface area contributed by atoms with Crippen LogP contribution < -0.4 is 10.6 Å². The number of nitrogens with zero attached hydrogens (tertiary/aromatic N) is 1. The minimum atomic E-state index is -0.494. The predicted octanol–water partition coefficient (Wildman–Crippen LogP) is 0.728. The Balaban J connectivity index is 1.98. The number of hydrogen-bond acceptors (Lipinski definition) is 4. The van der Waals surface area contributed by atoms with E-state index in [2.05, 4.69) is 10.6 Å². The van der Waals surface area contributed by atoms with Gasteiger partial charge in [0.05, 0.1) is 17.4 Å². The zero-order chi connectivity index (χ0) is 13.0. The minimum Gasteiger partial charge on any atom is -0.343 e. The Hall–Kier alpha value is -2.00. The summed E-state index contributed by atoms with van der Waals surface area (Å²) in [5.41, 5.74) is 1.15. The molecule has 0 spiro atoms. The van der Waals surface area contributed by atoms with Crippen LogP contribution in [0.5, 0.6) is 0 Å². The van der Waals surface area contributed by atoms with Gasteiger partial charge in [-0.15, -0.1) is 11.8 Å². The number of rotatable bonds is 2. The molecule has 0 radical (unpaired) electrons. The number of amides is 2. The second-order valence-electron chi connectivity index (χ2n) is 3.81. The molecule has 92 valence electrons. The first-order valence-electron chi connectivity index (χ1n) is 5.37. The lowest BCUT2D eigenvalue weighted by molar-refractivity contribution is -0.124. The van der Waals surface area contributed by atoms with E-state index in [1.807, 2.05) is 6.07 Å². The van der Waals surface area contributed by atoms with Crippen molar-refractivity contribution >= 4 is 29.3 Å². The van der Waals surface area contributed by atoms with Gasteiger partial charge in [-0.3, -0.25) is 9.59 Å². The van der Waals surface area contributed by atoms with Crippen molar-refractivity contribution in [2.45, 2.75) is 6.04 Å². The molecule has 5 nitrogen and oxygen atoms in total. The molecule has 1 saturated heterocycles. The monoisotopic (exact) mass is 261 g/mol. The summed E-state index contributed by atoms with van der Waals surface area (Å²) in [5.74, 6) is 0.626. The van der Waals surface area contributed by atoms with Gasteiger partial charge in [-0.25, -0.2) is 0 Å². The quantitative estimate of drug-likeness (QED) is 0.822. The molecule has 1 heterocycles. The number of anilines is 1. The van der Waals surface area contributed by atoms with Crippen LogP contribution in [0.15, 0.2) is 24.3 Å². The zero-order valence-electron chi connectivity index (χ0n) is 9.47. The summed E-state index contributed by atoms with van der Waals surface area (Å²) in [5, 5.41) is 14.0. The SMILES string of the molecule is N#Cc1ccc(NC(=O)C2CSCC(=O)N2)cc1. The predicted molar refractivity (Wildman–Crippen MR) is 69.0 cm³/mol. The Morgan fingerprint density at radius 1 is 1.44 bits per heavy atom. The maximum Gasteiger partial charge on any atom is 0.247 e. The molecular formula is C12H11N3O2S. The zero-order valence-corrected chi connectivity index (χ0v) is 10.3. The average molecular weight is 261 g/mol. The number of thioether (sulfide) groups is 1. The maximum atomic E-state index is 11.9. The highest BCUT2D eigenvalue weighted by Gasteiger charge is 2.24. The number of nitrogens with one attached hydrogen (secondary N) is 2. The Morgan fingerprint density at radius 3 is 2.78 bits per heavy atom. The van der Waals surface area contributed by atoms with Crippen molar-refractivity contribution in [3.8, 4) is 6.07 Å². The summed E-state index contributed by atoms with van der Waals surface area (Å²) in [6.45, 7) is 0. The summed E-state index contributed by atoms with van der Waals surface area (Å²) < 4.78 is 0. The summed E-state index contributed by atoms with van der Waals surface area (Å²) in [7, 11) is 0. The first kappa shape index (κ1) is 12.5. The first-order chi connectivity index (χ1) is 8.69. The van der Waals surface area contributed by atoms with Crippen molar-refractivity contribution in [3.63, 3.8) is 0 Å². The fraction of sp³-hybridized carbons (Fsp3) is 0.250. The van der Waals surface area contributed by atoms with Gasteiger partial charge in [-0.1, -0.05) is 0 Å². The van der Waals surface area contributed by atoms with Gasteiger partial charge in [-0.05, 0) is 24.3 Å². The molecule has 2 amide bonds. The molecule has 1 aromatic carbocycles. The van der Waals surface area contributed by atoms with Gasteiger partial charge in [0.1, 0.15) is 6.04 Å². The minimum absolute atomic E-state index is 0.119. The van der Waals surface area contributed by atoms with Crippen LogP contribution in [0.4, 0.5) is 5.69 Å². The Bertz CT molecular complexity index is 507. The van der Waals surface area contributed by atoms with Crippen molar-refractivity contribution in [1.82, 2.24) is 5.32 Å². The molecule has 1 unspecified atom stereocenters. The Kier molecular flexibility index (Phi) is 3.85. The summed E-state index contributed by atoms with van der Waals surface area (Å²) >= 11 is 1.44. The van der Waals surface area contributed by atoms with E-state index >= 15 is 0 Å². The van der Waals surface area contributed by atoms with E-state index in [1.54, 1.807) is 24.3 Å². The van der Waals surface area contributed by atoms with Gasteiger partial charge < -0.3 is 10.6 Å². The van der Waals surface area contributed by atoms with E-state index in [4.69, 9.17) is 5.26 Å². The molecular weight excluding hydrogens is 250 g/mol. The van der Waals surface area contributed by atoms with Crippen molar-refractivity contribution < 1.29 is 9.59 Å². The molecule has 1 atom stereocenters. The largest absolute Gasteiger partial charge is 0.343 e. The van der Waals surface area contributed by atoms with Crippen LogP contribution in [0.1, 0.15) is 5.56 Å². The molecule has 1 aromatic rings. The van der Waals surface area contributed by atoms with Crippen LogP contribution >= 0.6 is 11.8 Å². The lowest BCUT2D eigenvalue weighted by atomic mass is 10.2. The Morgan fingerprint density at radius 2 is 2.17 bits per heavy atom. The van der Waals surface area contributed by atoms with E-state index in [0.29, 0.717) is 22.8 Å². The molecule has 2 N–H and O–H groups in total. The molecule has 6 heteroatoms. The van der Waals surface area contributed by atoms with Gasteiger partial charge in [-0.2, -0.15) is 5.26 Å². The van der Waals surface area contributed by atoms with E-state index in [0.717, 1.165) is 0 Å². The summed E-state index contributed by atoms with van der Waals surface area (Å²) in [4.78, 5) is 23.0. The molecule has 1 fully saturated rings. The third-order valence-corrected chi connectivity index (χ3v) is 3.49. The topological polar surface area (TPSA) is 82.0 Å². The third-order valence-electron chi connectivity index (χ3n) is 2.45. The van der Waals surface area contributed by atoms with E-state index in [9.17, 15) is 9.59 Å². The van der Waals surface area contributed by atoms with Crippen LogP contribution in [-0.2, 0) is 9.59 Å². The highest BCUT2D eigenvalue weighted by Crippen LogP contribution is 2.12. The maximum absolute atomic E-state index is 11.9. The van der Waals surface area contributed by atoms with Crippen LogP contribution in [0, 0.1) is 11.3 Å². The fourth-order valence-corrected chi connectivity index (χ4v) is 2.40. The third kappa shape index (κ3) is 3.02. The second-order valence-corrected chi connectivity index (χ2v) is 4.84. The average Bonchev–Trinajstić information content (AvgIpc) is 2.39. The molecule has 0 aliphatic carbocycles. The smallest absolute Gasteiger partial charge is 0.247 e. The number of nitriles is 1. The van der Waals surface area contributed by atoms with E-state index in [-0.39, 0.29) is 11.8 Å².